The second kappa shape index (κ2) is 9.23. The Morgan fingerprint density at radius 2 is 1.67 bits per heavy atom. The van der Waals surface area contributed by atoms with Crippen LogP contribution in [0.2, 0.25) is 0 Å². The van der Waals surface area contributed by atoms with Crippen molar-refractivity contribution in [2.45, 2.75) is 6.92 Å². The summed E-state index contributed by atoms with van der Waals surface area (Å²) in [5.41, 5.74) is 13.0. The number of hydrogen-bond donors (Lipinski definition) is 3. The average Bonchev–Trinajstić information content (AvgIpc) is 3.48. The van der Waals surface area contributed by atoms with Gasteiger partial charge in [-0.05, 0) is 30.2 Å². The molecule has 2 aromatic carbocycles. The highest BCUT2D eigenvalue weighted by Gasteiger charge is 2.22. The lowest BCUT2D eigenvalue weighted by Gasteiger charge is -2.11. The molecule has 0 spiro atoms. The number of fused-ring (bicyclic) bond motifs is 1. The Morgan fingerprint density at radius 3 is 2.31 bits per heavy atom. The van der Waals surface area contributed by atoms with Gasteiger partial charge in [0.25, 0.3) is 5.91 Å². The second-order valence-corrected chi connectivity index (χ2v) is 9.27. The van der Waals surface area contributed by atoms with Crippen LogP contribution in [0.15, 0.2) is 67.0 Å². The third kappa shape index (κ3) is 4.07. The molecule has 4 N–H and O–H groups in total. The SMILES string of the molecule is C=C(C)C(=O)Nc1ccc(-c2c(-c3ccc(-c4nnc(NC)s4)cc3)c3c(N)ncnc3n2C)cc1. The van der Waals surface area contributed by atoms with Gasteiger partial charge in [0.2, 0.25) is 5.13 Å². The van der Waals surface area contributed by atoms with Crippen molar-refractivity contribution in [3.05, 3.63) is 67.0 Å². The number of nitrogens with one attached hydrogen (secondary N) is 2. The fourth-order valence-electron chi connectivity index (χ4n) is 4.06. The largest absolute Gasteiger partial charge is 0.383 e. The van der Waals surface area contributed by atoms with Crippen LogP contribution in [0.25, 0.3) is 44.0 Å². The lowest BCUT2D eigenvalue weighted by atomic mass is 9.98. The highest BCUT2D eigenvalue weighted by molar-refractivity contribution is 7.18. The maximum Gasteiger partial charge on any atom is 0.250 e. The van der Waals surface area contributed by atoms with Crippen LogP contribution in [0.4, 0.5) is 16.6 Å². The summed E-state index contributed by atoms with van der Waals surface area (Å²) in [5.74, 6) is 0.197. The lowest BCUT2D eigenvalue weighted by molar-refractivity contribution is -0.112. The molecule has 0 saturated carbocycles. The molecule has 0 aliphatic heterocycles. The zero-order chi connectivity index (χ0) is 25.4. The molecule has 3 heterocycles. The molecule has 0 fully saturated rings. The molecule has 0 radical (unpaired) electrons. The Labute approximate surface area is 211 Å². The Hall–Kier alpha value is -4.57. The average molecular weight is 497 g/mol. The number of anilines is 3. The van der Waals surface area contributed by atoms with Crippen molar-refractivity contribution in [2.75, 3.05) is 23.4 Å². The number of nitrogens with two attached hydrogens (primary N) is 1. The third-order valence-corrected chi connectivity index (χ3v) is 6.85. The van der Waals surface area contributed by atoms with E-state index in [0.717, 1.165) is 49.1 Å². The molecule has 1 amide bonds. The van der Waals surface area contributed by atoms with Gasteiger partial charge in [-0.3, -0.25) is 4.79 Å². The maximum atomic E-state index is 12.0. The van der Waals surface area contributed by atoms with Crippen LogP contribution in [0.5, 0.6) is 0 Å². The molecule has 180 valence electrons. The van der Waals surface area contributed by atoms with Gasteiger partial charge in [0.05, 0.1) is 11.1 Å². The van der Waals surface area contributed by atoms with Crippen molar-refractivity contribution < 1.29 is 4.79 Å². The molecule has 0 saturated heterocycles. The standard InChI is InChI=1S/C26H24N8OS/c1-14(2)24(35)31-18-11-9-16(10-12-18)21-19(20-22(27)29-13-30-23(20)34(21)4)15-5-7-17(8-6-15)25-32-33-26(28-3)36-25/h5-13H,1H2,2-4H3,(H,28,33)(H,31,35)(H2,27,29,30). The molecule has 0 aliphatic rings. The Balaban J connectivity index is 1.62. The van der Waals surface area contributed by atoms with Gasteiger partial charge in [0, 0.05) is 36.5 Å². The minimum atomic E-state index is -0.214. The van der Waals surface area contributed by atoms with Crippen LogP contribution < -0.4 is 16.4 Å². The molecular formula is C26H24N8OS. The van der Waals surface area contributed by atoms with E-state index in [2.05, 4.69) is 37.4 Å². The van der Waals surface area contributed by atoms with Gasteiger partial charge >= 0.3 is 0 Å². The van der Waals surface area contributed by atoms with E-state index in [9.17, 15) is 4.79 Å². The van der Waals surface area contributed by atoms with Gasteiger partial charge in [0.15, 0.2) is 0 Å². The van der Waals surface area contributed by atoms with E-state index >= 15 is 0 Å². The molecule has 36 heavy (non-hydrogen) atoms. The Bertz CT molecular complexity index is 1600. The van der Waals surface area contributed by atoms with E-state index < -0.39 is 0 Å². The number of hydrogen-bond acceptors (Lipinski definition) is 8. The third-order valence-electron chi connectivity index (χ3n) is 5.86. The van der Waals surface area contributed by atoms with Crippen molar-refractivity contribution in [1.29, 1.82) is 0 Å². The highest BCUT2D eigenvalue weighted by Crippen LogP contribution is 2.42. The predicted octanol–water partition coefficient (Wildman–Crippen LogP) is 4.96. The van der Waals surface area contributed by atoms with Crippen LogP contribution in [-0.4, -0.2) is 37.7 Å². The highest BCUT2D eigenvalue weighted by atomic mass is 32.1. The smallest absolute Gasteiger partial charge is 0.250 e. The van der Waals surface area contributed by atoms with E-state index in [1.807, 2.05) is 67.2 Å². The number of benzene rings is 2. The van der Waals surface area contributed by atoms with E-state index in [4.69, 9.17) is 5.73 Å². The molecule has 0 aliphatic carbocycles. The molecule has 9 nitrogen and oxygen atoms in total. The minimum absolute atomic E-state index is 0.214. The Morgan fingerprint density at radius 1 is 1.00 bits per heavy atom. The normalized spacial score (nSPS) is 11.0. The van der Waals surface area contributed by atoms with Crippen molar-refractivity contribution in [3.63, 3.8) is 0 Å². The predicted molar refractivity (Wildman–Crippen MR) is 146 cm³/mol. The first kappa shape index (κ1) is 23.2. The lowest BCUT2D eigenvalue weighted by Crippen LogP contribution is -2.11. The summed E-state index contributed by atoms with van der Waals surface area (Å²) >= 11 is 1.49. The zero-order valence-electron chi connectivity index (χ0n) is 20.0. The summed E-state index contributed by atoms with van der Waals surface area (Å²) in [6.07, 6.45) is 1.47. The number of carbonyl (C=O) groups excluding carboxylic acids is 1. The molecule has 0 bridgehead atoms. The number of amides is 1. The van der Waals surface area contributed by atoms with E-state index in [1.54, 1.807) is 6.92 Å². The van der Waals surface area contributed by atoms with E-state index in [1.165, 1.54) is 17.7 Å². The molecule has 0 atom stereocenters. The summed E-state index contributed by atoms with van der Waals surface area (Å²) in [5, 5.41) is 16.6. The van der Waals surface area contributed by atoms with Gasteiger partial charge in [-0.15, -0.1) is 10.2 Å². The van der Waals surface area contributed by atoms with Crippen molar-refractivity contribution in [3.8, 4) is 33.0 Å². The second-order valence-electron chi connectivity index (χ2n) is 8.29. The molecule has 0 unspecified atom stereocenters. The van der Waals surface area contributed by atoms with Crippen LogP contribution >= 0.6 is 11.3 Å². The topological polar surface area (TPSA) is 124 Å². The summed E-state index contributed by atoms with van der Waals surface area (Å²) < 4.78 is 2.02. The summed E-state index contributed by atoms with van der Waals surface area (Å²) in [4.78, 5) is 20.8. The minimum Gasteiger partial charge on any atom is -0.383 e. The molecular weight excluding hydrogens is 472 g/mol. The summed E-state index contributed by atoms with van der Waals surface area (Å²) in [6, 6.07) is 15.8. The van der Waals surface area contributed by atoms with Crippen LogP contribution in [0.3, 0.4) is 0 Å². The number of rotatable bonds is 6. The monoisotopic (exact) mass is 496 g/mol. The number of aryl methyl sites for hydroxylation is 1. The molecule has 5 aromatic rings. The van der Waals surface area contributed by atoms with E-state index in [0.29, 0.717) is 17.1 Å². The van der Waals surface area contributed by atoms with Gasteiger partial charge in [0.1, 0.15) is 22.8 Å². The van der Waals surface area contributed by atoms with Crippen molar-refractivity contribution in [1.82, 2.24) is 24.7 Å². The van der Waals surface area contributed by atoms with Crippen molar-refractivity contribution in [2.24, 2.45) is 7.05 Å². The van der Waals surface area contributed by atoms with Crippen molar-refractivity contribution >= 4 is 44.9 Å². The first-order chi connectivity index (χ1) is 17.4. The summed E-state index contributed by atoms with van der Waals surface area (Å²) in [7, 11) is 3.78. The fraction of sp³-hybridized carbons (Fsp3) is 0.115. The van der Waals surface area contributed by atoms with Gasteiger partial charge in [-0.2, -0.15) is 0 Å². The van der Waals surface area contributed by atoms with Gasteiger partial charge < -0.3 is 20.9 Å². The number of aromatic nitrogens is 5. The molecule has 10 heteroatoms. The van der Waals surface area contributed by atoms with Crippen LogP contribution in [-0.2, 0) is 11.8 Å². The number of nitrogens with zero attached hydrogens (tertiary/aromatic N) is 5. The van der Waals surface area contributed by atoms with Crippen LogP contribution in [0, 0.1) is 0 Å². The van der Waals surface area contributed by atoms with E-state index in [-0.39, 0.29) is 5.91 Å². The maximum absolute atomic E-state index is 12.0. The molecule has 5 rings (SSSR count). The first-order valence-corrected chi connectivity index (χ1v) is 12.0. The number of carbonyl (C=O) groups is 1. The van der Waals surface area contributed by atoms with Gasteiger partial charge in [-0.25, -0.2) is 9.97 Å². The summed E-state index contributed by atoms with van der Waals surface area (Å²) in [6.45, 7) is 5.36. The fourth-order valence-corrected chi connectivity index (χ4v) is 4.77. The van der Waals surface area contributed by atoms with Crippen LogP contribution in [0.1, 0.15) is 6.92 Å². The quantitative estimate of drug-likeness (QED) is 0.284. The molecule has 3 aromatic heterocycles. The number of nitrogen functional groups attached to an aromatic ring is 1. The zero-order valence-corrected chi connectivity index (χ0v) is 20.8. The Kier molecular flexibility index (Phi) is 5.95. The first-order valence-electron chi connectivity index (χ1n) is 11.2. The van der Waals surface area contributed by atoms with Gasteiger partial charge in [-0.1, -0.05) is 54.3 Å².